The van der Waals surface area contributed by atoms with Gasteiger partial charge in [0.1, 0.15) is 5.75 Å². The molecule has 9 heteroatoms. The normalized spacial score (nSPS) is 15.4. The number of halogens is 2. The fraction of sp³-hybridized carbons (Fsp3) is 0.500. The van der Waals surface area contributed by atoms with Gasteiger partial charge >= 0.3 is 0 Å². The molecule has 2 heterocycles. The number of hydrogen-bond acceptors (Lipinski definition) is 6. The molecule has 5 nitrogen and oxygen atoms in total. The summed E-state index contributed by atoms with van der Waals surface area (Å²) in [6.45, 7) is 1.60. The van der Waals surface area contributed by atoms with Crippen molar-refractivity contribution in [3.8, 4) is 16.3 Å². The Morgan fingerprint density at radius 3 is 2.60 bits per heavy atom. The molecule has 0 N–H and O–H groups in total. The van der Waals surface area contributed by atoms with E-state index in [1.807, 2.05) is 0 Å². The lowest BCUT2D eigenvalue weighted by molar-refractivity contribution is -0.0230. The minimum Gasteiger partial charge on any atom is -0.486 e. The third-order valence-electron chi connectivity index (χ3n) is 3.68. The van der Waals surface area contributed by atoms with Crippen LogP contribution in [0.3, 0.4) is 0 Å². The Labute approximate surface area is 149 Å². The van der Waals surface area contributed by atoms with Crippen molar-refractivity contribution in [1.82, 2.24) is 9.97 Å². The van der Waals surface area contributed by atoms with Gasteiger partial charge in [0, 0.05) is 12.8 Å². The van der Waals surface area contributed by atoms with Crippen molar-refractivity contribution in [3.63, 3.8) is 0 Å². The van der Waals surface area contributed by atoms with Crippen molar-refractivity contribution in [1.29, 1.82) is 0 Å². The third-order valence-corrected chi connectivity index (χ3v) is 6.69. The van der Waals surface area contributed by atoms with E-state index in [9.17, 15) is 17.2 Å². The molecule has 0 aromatic carbocycles. The molecular weight excluding hydrogens is 370 g/mol. The highest BCUT2D eigenvalue weighted by molar-refractivity contribution is 7.91. The molecule has 0 unspecified atom stereocenters. The Balaban J connectivity index is 1.90. The van der Waals surface area contributed by atoms with Gasteiger partial charge in [0.05, 0.1) is 27.5 Å². The molecule has 0 radical (unpaired) electrons. The van der Waals surface area contributed by atoms with Gasteiger partial charge in [0.25, 0.3) is 5.92 Å². The molecule has 0 saturated heterocycles. The van der Waals surface area contributed by atoms with Crippen LogP contribution in [0.5, 0.6) is 5.75 Å². The zero-order chi connectivity index (χ0) is 18.2. The van der Waals surface area contributed by atoms with E-state index >= 15 is 0 Å². The average Bonchev–Trinajstić information content (AvgIpc) is 3.31. The molecule has 1 saturated carbocycles. The molecular formula is C16H18F2N2O3S2. The number of rotatable bonds is 7. The molecule has 136 valence electrons. The van der Waals surface area contributed by atoms with Crippen molar-refractivity contribution in [2.24, 2.45) is 0 Å². The van der Waals surface area contributed by atoms with E-state index in [0.717, 1.165) is 24.8 Å². The lowest BCUT2D eigenvalue weighted by Crippen LogP contribution is -2.20. The summed E-state index contributed by atoms with van der Waals surface area (Å²) in [5.41, 5.74) is 0.451. The van der Waals surface area contributed by atoms with Crippen LogP contribution in [-0.2, 0) is 9.84 Å². The van der Waals surface area contributed by atoms with Crippen LogP contribution in [0.15, 0.2) is 23.4 Å². The molecule has 0 aliphatic heterocycles. The first-order valence-electron chi connectivity index (χ1n) is 7.90. The van der Waals surface area contributed by atoms with E-state index in [-0.39, 0.29) is 16.5 Å². The first kappa shape index (κ1) is 18.2. The quantitative estimate of drug-likeness (QED) is 0.719. The first-order chi connectivity index (χ1) is 11.7. The molecule has 0 spiro atoms. The maximum Gasteiger partial charge on any atom is 0.278 e. The Kier molecular flexibility index (Phi) is 4.80. The smallest absolute Gasteiger partial charge is 0.278 e. The summed E-state index contributed by atoms with van der Waals surface area (Å²) in [6, 6.07) is 3.08. The van der Waals surface area contributed by atoms with E-state index in [4.69, 9.17) is 4.74 Å². The summed E-state index contributed by atoms with van der Waals surface area (Å²) >= 11 is 1.34. The van der Waals surface area contributed by atoms with Crippen LogP contribution in [0, 0.1) is 0 Å². The van der Waals surface area contributed by atoms with Crippen LogP contribution in [0.25, 0.3) is 10.6 Å². The lowest BCUT2D eigenvalue weighted by Gasteiger charge is -2.11. The van der Waals surface area contributed by atoms with E-state index in [0.29, 0.717) is 16.5 Å². The summed E-state index contributed by atoms with van der Waals surface area (Å²) in [6.07, 6.45) is 3.36. The van der Waals surface area contributed by atoms with Crippen LogP contribution in [-0.4, -0.2) is 36.7 Å². The van der Waals surface area contributed by atoms with Gasteiger partial charge in [-0.15, -0.1) is 11.3 Å². The standard InChI is InChI=1S/C16H18F2N2O3S2/c1-3-25(21,22)15-13(24-14(20-15)10-4-5-10)12-7-6-11(8-19-12)23-9-16(2,17)18/h6-8,10H,3-5,9H2,1-2H3. The van der Waals surface area contributed by atoms with Crippen molar-refractivity contribution < 1.29 is 21.9 Å². The molecule has 0 bridgehead atoms. The monoisotopic (exact) mass is 388 g/mol. The number of pyridine rings is 1. The molecule has 0 amide bonds. The minimum atomic E-state index is -3.47. The molecule has 25 heavy (non-hydrogen) atoms. The summed E-state index contributed by atoms with van der Waals surface area (Å²) in [5, 5.41) is 0.873. The Morgan fingerprint density at radius 1 is 1.36 bits per heavy atom. The predicted octanol–water partition coefficient (Wildman–Crippen LogP) is 3.91. The number of alkyl halides is 2. The average molecular weight is 388 g/mol. The molecule has 1 fully saturated rings. The summed E-state index contributed by atoms with van der Waals surface area (Å²) in [4.78, 5) is 9.03. The van der Waals surface area contributed by atoms with Crippen molar-refractivity contribution in [2.75, 3.05) is 12.4 Å². The van der Waals surface area contributed by atoms with Crippen LogP contribution in [0.4, 0.5) is 8.78 Å². The van der Waals surface area contributed by atoms with Crippen LogP contribution >= 0.6 is 11.3 Å². The minimum absolute atomic E-state index is 0.0411. The van der Waals surface area contributed by atoms with Gasteiger partial charge in [-0.3, -0.25) is 4.98 Å². The number of aromatic nitrogens is 2. The molecule has 1 aliphatic rings. The molecule has 2 aromatic rings. The third kappa shape index (κ3) is 4.33. The molecule has 2 aromatic heterocycles. The lowest BCUT2D eigenvalue weighted by atomic mass is 10.3. The number of ether oxygens (including phenoxy) is 1. The van der Waals surface area contributed by atoms with Gasteiger partial charge in [-0.1, -0.05) is 6.92 Å². The highest BCUT2D eigenvalue weighted by atomic mass is 32.2. The van der Waals surface area contributed by atoms with Crippen molar-refractivity contribution >= 4 is 21.2 Å². The van der Waals surface area contributed by atoms with Crippen molar-refractivity contribution in [3.05, 3.63) is 23.3 Å². The fourth-order valence-corrected chi connectivity index (χ4v) is 4.71. The number of thiazole rings is 1. The Hall–Kier alpha value is -1.61. The first-order valence-corrected chi connectivity index (χ1v) is 10.4. The summed E-state index contributed by atoms with van der Waals surface area (Å²) in [5.74, 6) is -2.44. The zero-order valence-electron chi connectivity index (χ0n) is 13.8. The van der Waals surface area contributed by atoms with Gasteiger partial charge in [-0.25, -0.2) is 22.2 Å². The van der Waals surface area contributed by atoms with E-state index in [1.165, 1.54) is 23.6 Å². The van der Waals surface area contributed by atoms with E-state index in [2.05, 4.69) is 9.97 Å². The Morgan fingerprint density at radius 2 is 2.08 bits per heavy atom. The highest BCUT2D eigenvalue weighted by Crippen LogP contribution is 2.45. The van der Waals surface area contributed by atoms with Gasteiger partial charge in [-0.05, 0) is 25.0 Å². The molecule has 1 aliphatic carbocycles. The summed E-state index contributed by atoms with van der Waals surface area (Å²) < 4.78 is 55.4. The second-order valence-corrected chi connectivity index (χ2v) is 9.33. The SMILES string of the molecule is CCS(=O)(=O)c1nc(C2CC2)sc1-c1ccc(OCC(C)(F)F)cn1. The maximum absolute atomic E-state index is 12.8. The van der Waals surface area contributed by atoms with Crippen LogP contribution in [0.1, 0.15) is 37.6 Å². The molecule has 3 rings (SSSR count). The summed E-state index contributed by atoms with van der Waals surface area (Å²) in [7, 11) is -3.47. The molecule has 0 atom stereocenters. The second-order valence-electron chi connectivity index (χ2n) is 6.10. The van der Waals surface area contributed by atoms with E-state index < -0.39 is 22.4 Å². The highest BCUT2D eigenvalue weighted by Gasteiger charge is 2.32. The van der Waals surface area contributed by atoms with Crippen molar-refractivity contribution in [2.45, 2.75) is 43.6 Å². The number of hydrogen-bond donors (Lipinski definition) is 0. The topological polar surface area (TPSA) is 69.2 Å². The number of nitrogens with zero attached hydrogens (tertiary/aromatic N) is 2. The van der Waals surface area contributed by atoms with Gasteiger partial charge in [0.2, 0.25) is 0 Å². The predicted molar refractivity (Wildman–Crippen MR) is 91.2 cm³/mol. The van der Waals surface area contributed by atoms with Gasteiger partial charge in [-0.2, -0.15) is 0 Å². The zero-order valence-corrected chi connectivity index (χ0v) is 15.5. The number of sulfone groups is 1. The van der Waals surface area contributed by atoms with Gasteiger partial charge < -0.3 is 4.74 Å². The second kappa shape index (κ2) is 6.60. The van der Waals surface area contributed by atoms with Crippen LogP contribution < -0.4 is 4.74 Å². The largest absolute Gasteiger partial charge is 0.486 e. The fourth-order valence-electron chi connectivity index (χ4n) is 2.15. The van der Waals surface area contributed by atoms with Crippen LogP contribution in [0.2, 0.25) is 0 Å². The maximum atomic E-state index is 12.8. The van der Waals surface area contributed by atoms with E-state index in [1.54, 1.807) is 13.0 Å². The Bertz CT molecular complexity index is 854. The van der Waals surface area contributed by atoms with Gasteiger partial charge in [0.15, 0.2) is 21.5 Å².